The molecule has 0 aromatic rings. The number of hydrogen-bond donors (Lipinski definition) is 1. The number of aliphatic hydroxyl groups excluding tert-OH is 1. The molecule has 0 fully saturated rings. The number of allylic oxidation sites excluding steroid dienone is 2. The largest absolute Gasteiger partial charge is 0.389 e. The van der Waals surface area contributed by atoms with Gasteiger partial charge < -0.3 is 5.11 Å². The van der Waals surface area contributed by atoms with Gasteiger partial charge in [-0.2, -0.15) is 0 Å². The van der Waals surface area contributed by atoms with E-state index in [0.29, 0.717) is 0 Å². The van der Waals surface area contributed by atoms with Gasteiger partial charge in [0.15, 0.2) is 0 Å². The first-order chi connectivity index (χ1) is 4.39. The lowest BCUT2D eigenvalue weighted by molar-refractivity contribution is 0.226. The van der Waals surface area contributed by atoms with Gasteiger partial charge in [0.05, 0.1) is 6.10 Å². The summed E-state index contributed by atoms with van der Waals surface area (Å²) in [7, 11) is 0. The molecule has 1 aliphatic carbocycles. The maximum Gasteiger partial charge on any atom is 0.0755 e. The third-order valence-corrected chi connectivity index (χ3v) is 1.40. The zero-order valence-corrected chi connectivity index (χ0v) is 5.46. The summed E-state index contributed by atoms with van der Waals surface area (Å²) in [5.41, 5.74) is 0. The van der Waals surface area contributed by atoms with Crippen LogP contribution in [0.3, 0.4) is 0 Å². The van der Waals surface area contributed by atoms with Crippen molar-refractivity contribution in [1.82, 2.24) is 0 Å². The molecule has 9 heavy (non-hydrogen) atoms. The van der Waals surface area contributed by atoms with E-state index in [4.69, 9.17) is 5.11 Å². The predicted octanol–water partition coefficient (Wildman–Crippen LogP) is 1.64. The fraction of sp³-hybridized carbons (Fsp3) is 0.500. The van der Waals surface area contributed by atoms with Crippen LogP contribution in [-0.4, -0.2) is 11.2 Å². The van der Waals surface area contributed by atoms with E-state index in [1.54, 1.807) is 0 Å². The van der Waals surface area contributed by atoms with Gasteiger partial charge in [0, 0.05) is 0 Å². The molecule has 0 aromatic carbocycles. The molecule has 0 heterocycles. The second-order valence-electron chi connectivity index (χ2n) is 2.28. The molecule has 1 N–H and O–H groups in total. The van der Waals surface area contributed by atoms with Crippen LogP contribution < -0.4 is 0 Å². The smallest absolute Gasteiger partial charge is 0.0755 e. The van der Waals surface area contributed by atoms with Crippen molar-refractivity contribution >= 4 is 0 Å². The van der Waals surface area contributed by atoms with E-state index in [1.807, 2.05) is 18.2 Å². The van der Waals surface area contributed by atoms with E-state index in [0.717, 1.165) is 19.3 Å². The van der Waals surface area contributed by atoms with Crippen molar-refractivity contribution in [2.45, 2.75) is 25.4 Å². The zero-order chi connectivity index (χ0) is 6.53. The van der Waals surface area contributed by atoms with Crippen LogP contribution in [0.1, 0.15) is 19.3 Å². The SMILES string of the molecule is OC1C=CCCC=CC1. The minimum absolute atomic E-state index is 0.249. The quantitative estimate of drug-likeness (QED) is 0.487. The zero-order valence-electron chi connectivity index (χ0n) is 5.46. The average Bonchev–Trinajstić information content (AvgIpc) is 1.79. The summed E-state index contributed by atoms with van der Waals surface area (Å²) in [6.07, 6.45) is 10.8. The molecule has 50 valence electrons. The van der Waals surface area contributed by atoms with Gasteiger partial charge >= 0.3 is 0 Å². The van der Waals surface area contributed by atoms with E-state index in [-0.39, 0.29) is 6.10 Å². The minimum Gasteiger partial charge on any atom is -0.389 e. The Morgan fingerprint density at radius 3 is 2.78 bits per heavy atom. The Kier molecular flexibility index (Phi) is 2.52. The summed E-state index contributed by atoms with van der Waals surface area (Å²) in [6.45, 7) is 0. The first-order valence-corrected chi connectivity index (χ1v) is 3.39. The molecule has 1 rings (SSSR count). The van der Waals surface area contributed by atoms with Crippen LogP contribution in [0.5, 0.6) is 0 Å². The van der Waals surface area contributed by atoms with Crippen LogP contribution in [0.4, 0.5) is 0 Å². The van der Waals surface area contributed by atoms with Crippen LogP contribution in [-0.2, 0) is 0 Å². The third kappa shape index (κ3) is 2.47. The fourth-order valence-electron chi connectivity index (χ4n) is 0.878. The maximum absolute atomic E-state index is 9.08. The molecule has 0 saturated heterocycles. The molecule has 1 aliphatic rings. The average molecular weight is 124 g/mol. The molecule has 0 aliphatic heterocycles. The maximum atomic E-state index is 9.08. The van der Waals surface area contributed by atoms with Crippen molar-refractivity contribution in [3.63, 3.8) is 0 Å². The van der Waals surface area contributed by atoms with E-state index in [1.165, 1.54) is 0 Å². The van der Waals surface area contributed by atoms with Gasteiger partial charge in [0.1, 0.15) is 0 Å². The van der Waals surface area contributed by atoms with Crippen molar-refractivity contribution in [2.24, 2.45) is 0 Å². The summed E-state index contributed by atoms with van der Waals surface area (Å²) in [5, 5.41) is 9.08. The molecule has 0 spiro atoms. The first-order valence-electron chi connectivity index (χ1n) is 3.39. The van der Waals surface area contributed by atoms with Gasteiger partial charge in [-0.3, -0.25) is 0 Å². The Balaban J connectivity index is 2.40. The van der Waals surface area contributed by atoms with E-state index in [2.05, 4.69) is 6.08 Å². The molecule has 0 bridgehead atoms. The Labute approximate surface area is 55.7 Å². The number of rotatable bonds is 0. The summed E-state index contributed by atoms with van der Waals surface area (Å²) >= 11 is 0. The van der Waals surface area contributed by atoms with Crippen molar-refractivity contribution in [2.75, 3.05) is 0 Å². The molecule has 1 atom stereocenters. The molecule has 0 radical (unpaired) electrons. The highest BCUT2D eigenvalue weighted by atomic mass is 16.3. The molecular weight excluding hydrogens is 112 g/mol. The third-order valence-electron chi connectivity index (χ3n) is 1.40. The lowest BCUT2D eigenvalue weighted by atomic mass is 10.1. The van der Waals surface area contributed by atoms with Crippen LogP contribution in [0.15, 0.2) is 24.3 Å². The highest BCUT2D eigenvalue weighted by Crippen LogP contribution is 2.03. The van der Waals surface area contributed by atoms with Crippen molar-refractivity contribution in [1.29, 1.82) is 0 Å². The summed E-state index contributed by atoms with van der Waals surface area (Å²) in [6, 6.07) is 0. The van der Waals surface area contributed by atoms with Gasteiger partial charge in [-0.15, -0.1) is 0 Å². The highest BCUT2D eigenvalue weighted by Gasteiger charge is 1.95. The molecule has 0 saturated carbocycles. The standard InChI is InChI=1S/C8H12O/c9-8-6-4-2-1-3-5-7-8/h2,4-5,7-9H,1,3,6H2. The monoisotopic (exact) mass is 124 g/mol. The minimum atomic E-state index is -0.249. The van der Waals surface area contributed by atoms with Crippen LogP contribution >= 0.6 is 0 Å². The Bertz CT molecular complexity index is 125. The molecular formula is C8H12O. The first kappa shape index (κ1) is 6.56. The fourth-order valence-corrected chi connectivity index (χ4v) is 0.878. The number of hydrogen-bond acceptors (Lipinski definition) is 1. The molecule has 0 aromatic heterocycles. The molecule has 0 amide bonds. The van der Waals surface area contributed by atoms with Crippen LogP contribution in [0.25, 0.3) is 0 Å². The van der Waals surface area contributed by atoms with Gasteiger partial charge in [0.25, 0.3) is 0 Å². The Morgan fingerprint density at radius 2 is 1.89 bits per heavy atom. The van der Waals surface area contributed by atoms with E-state index >= 15 is 0 Å². The lowest BCUT2D eigenvalue weighted by Gasteiger charge is -2.02. The van der Waals surface area contributed by atoms with Gasteiger partial charge in [-0.05, 0) is 19.3 Å². The predicted molar refractivity (Wildman–Crippen MR) is 38.1 cm³/mol. The van der Waals surface area contributed by atoms with Crippen molar-refractivity contribution in [3.8, 4) is 0 Å². The second-order valence-corrected chi connectivity index (χ2v) is 2.28. The molecule has 1 nitrogen and oxygen atoms in total. The number of aliphatic hydroxyl groups is 1. The summed E-state index contributed by atoms with van der Waals surface area (Å²) < 4.78 is 0. The summed E-state index contributed by atoms with van der Waals surface area (Å²) in [4.78, 5) is 0. The van der Waals surface area contributed by atoms with E-state index in [9.17, 15) is 0 Å². The van der Waals surface area contributed by atoms with E-state index < -0.39 is 0 Å². The van der Waals surface area contributed by atoms with Crippen LogP contribution in [0, 0.1) is 0 Å². The molecule has 1 unspecified atom stereocenters. The second kappa shape index (κ2) is 3.46. The van der Waals surface area contributed by atoms with Gasteiger partial charge in [0.2, 0.25) is 0 Å². The van der Waals surface area contributed by atoms with Crippen molar-refractivity contribution in [3.05, 3.63) is 24.3 Å². The molecule has 1 heteroatoms. The normalized spacial score (nSPS) is 27.4. The highest BCUT2D eigenvalue weighted by molar-refractivity contribution is 4.98. The topological polar surface area (TPSA) is 20.2 Å². The lowest BCUT2D eigenvalue weighted by Crippen LogP contribution is -1.99. The van der Waals surface area contributed by atoms with Gasteiger partial charge in [-0.25, -0.2) is 0 Å². The van der Waals surface area contributed by atoms with Crippen LogP contribution in [0.2, 0.25) is 0 Å². The Morgan fingerprint density at radius 1 is 1.11 bits per heavy atom. The van der Waals surface area contributed by atoms with Gasteiger partial charge in [-0.1, -0.05) is 24.3 Å². The van der Waals surface area contributed by atoms with Crippen molar-refractivity contribution < 1.29 is 5.11 Å². The Hall–Kier alpha value is -0.560. The summed E-state index contributed by atoms with van der Waals surface area (Å²) in [5.74, 6) is 0.